The molecule has 2 nitrogen and oxygen atoms in total. The zero-order valence-electron chi connectivity index (χ0n) is 8.04. The summed E-state index contributed by atoms with van der Waals surface area (Å²) in [4.78, 5) is 0. The molecule has 0 spiro atoms. The van der Waals surface area contributed by atoms with E-state index < -0.39 is 0 Å². The first kappa shape index (κ1) is 9.81. The average Bonchev–Trinajstić information content (AvgIpc) is 2.13. The van der Waals surface area contributed by atoms with Crippen LogP contribution in [0.3, 0.4) is 0 Å². The molecule has 0 unspecified atom stereocenters. The van der Waals surface area contributed by atoms with E-state index in [0.29, 0.717) is 12.3 Å². The Hall–Kier alpha value is -1.28. The van der Waals surface area contributed by atoms with Crippen molar-refractivity contribution in [3.63, 3.8) is 0 Å². The Morgan fingerprint density at radius 2 is 2.08 bits per heavy atom. The number of hydrogen-bond donors (Lipinski definition) is 2. The molecular weight excluding hydrogens is 162 g/mol. The highest BCUT2D eigenvalue weighted by Gasteiger charge is 2.02. The summed E-state index contributed by atoms with van der Waals surface area (Å²) in [6, 6.07) is 3.88. The van der Waals surface area contributed by atoms with Gasteiger partial charge in [-0.25, -0.2) is 0 Å². The molecule has 0 saturated carbocycles. The Bertz CT molecular complexity index is 329. The van der Waals surface area contributed by atoms with Crippen LogP contribution in [0, 0.1) is 13.8 Å². The van der Waals surface area contributed by atoms with Gasteiger partial charge in [-0.2, -0.15) is 0 Å². The number of rotatable bonds is 2. The molecule has 0 radical (unpaired) electrons. The molecule has 0 aliphatic heterocycles. The van der Waals surface area contributed by atoms with E-state index in [2.05, 4.69) is 0 Å². The maximum atomic E-state index is 9.62. The third-order valence-corrected chi connectivity index (χ3v) is 2.11. The minimum Gasteiger partial charge on any atom is -0.507 e. The van der Waals surface area contributed by atoms with Gasteiger partial charge in [-0.05, 0) is 30.5 Å². The van der Waals surface area contributed by atoms with Gasteiger partial charge in [-0.15, -0.1) is 0 Å². The van der Waals surface area contributed by atoms with Gasteiger partial charge in [0.1, 0.15) is 5.75 Å². The van der Waals surface area contributed by atoms with Gasteiger partial charge < -0.3 is 10.8 Å². The fourth-order valence-corrected chi connectivity index (χ4v) is 1.23. The summed E-state index contributed by atoms with van der Waals surface area (Å²) in [6.45, 7) is 4.31. The molecule has 1 aromatic carbocycles. The van der Waals surface area contributed by atoms with Crippen molar-refractivity contribution in [1.82, 2.24) is 0 Å². The lowest BCUT2D eigenvalue weighted by molar-refractivity contribution is 0.467. The van der Waals surface area contributed by atoms with Crippen molar-refractivity contribution >= 4 is 6.08 Å². The summed E-state index contributed by atoms with van der Waals surface area (Å²) in [5, 5.41) is 9.62. The van der Waals surface area contributed by atoms with E-state index in [4.69, 9.17) is 5.73 Å². The number of hydrogen-bond acceptors (Lipinski definition) is 2. The van der Waals surface area contributed by atoms with Crippen LogP contribution in [0.25, 0.3) is 6.08 Å². The van der Waals surface area contributed by atoms with Crippen molar-refractivity contribution in [2.75, 3.05) is 6.54 Å². The first-order valence-electron chi connectivity index (χ1n) is 4.32. The molecule has 1 aromatic rings. The van der Waals surface area contributed by atoms with E-state index in [-0.39, 0.29) is 0 Å². The van der Waals surface area contributed by atoms with Gasteiger partial charge in [0.05, 0.1) is 0 Å². The second-order valence-corrected chi connectivity index (χ2v) is 3.08. The van der Waals surface area contributed by atoms with E-state index >= 15 is 0 Å². The number of phenols is 1. The van der Waals surface area contributed by atoms with Gasteiger partial charge in [0.25, 0.3) is 0 Å². The molecule has 1 rings (SSSR count). The topological polar surface area (TPSA) is 46.2 Å². The summed E-state index contributed by atoms with van der Waals surface area (Å²) in [5.74, 6) is 0.374. The Morgan fingerprint density at radius 1 is 1.38 bits per heavy atom. The standard InChI is InChI=1S/C11H15NO/c1-8-5-6-10(4-3-7-12)9(2)11(8)13/h3-6,13H,7,12H2,1-2H3/b4-3+. The van der Waals surface area contributed by atoms with Crippen LogP contribution in [0.5, 0.6) is 5.75 Å². The highest BCUT2D eigenvalue weighted by molar-refractivity contribution is 5.59. The zero-order valence-corrected chi connectivity index (χ0v) is 8.04. The van der Waals surface area contributed by atoms with Crippen LogP contribution in [0.15, 0.2) is 18.2 Å². The second kappa shape index (κ2) is 4.10. The number of benzene rings is 1. The van der Waals surface area contributed by atoms with Crippen LogP contribution >= 0.6 is 0 Å². The van der Waals surface area contributed by atoms with Crippen molar-refractivity contribution in [1.29, 1.82) is 0 Å². The molecule has 0 aliphatic rings. The highest BCUT2D eigenvalue weighted by atomic mass is 16.3. The van der Waals surface area contributed by atoms with Gasteiger partial charge in [-0.3, -0.25) is 0 Å². The molecule has 0 aromatic heterocycles. The third-order valence-electron chi connectivity index (χ3n) is 2.11. The monoisotopic (exact) mass is 177 g/mol. The number of nitrogens with two attached hydrogens (primary N) is 1. The zero-order chi connectivity index (χ0) is 9.84. The third kappa shape index (κ3) is 2.10. The summed E-state index contributed by atoms with van der Waals surface area (Å²) in [7, 11) is 0. The van der Waals surface area contributed by atoms with Crippen molar-refractivity contribution in [3.05, 3.63) is 34.9 Å². The van der Waals surface area contributed by atoms with Crippen molar-refractivity contribution in [2.24, 2.45) is 5.73 Å². The van der Waals surface area contributed by atoms with Gasteiger partial charge in [-0.1, -0.05) is 24.3 Å². The normalized spacial score (nSPS) is 11.0. The molecule has 70 valence electrons. The van der Waals surface area contributed by atoms with Crippen LogP contribution in [0.1, 0.15) is 16.7 Å². The number of phenolic OH excluding ortho intramolecular Hbond substituents is 1. The Morgan fingerprint density at radius 3 is 2.69 bits per heavy atom. The van der Waals surface area contributed by atoms with Crippen molar-refractivity contribution in [3.8, 4) is 5.75 Å². The molecule has 3 N–H and O–H groups in total. The molecule has 0 saturated heterocycles. The fraction of sp³-hybridized carbons (Fsp3) is 0.273. The van der Waals surface area contributed by atoms with E-state index in [1.807, 2.05) is 38.1 Å². The number of aryl methyl sites for hydroxylation is 1. The predicted molar refractivity (Wildman–Crippen MR) is 55.7 cm³/mol. The maximum Gasteiger partial charge on any atom is 0.121 e. The summed E-state index contributed by atoms with van der Waals surface area (Å²) < 4.78 is 0. The van der Waals surface area contributed by atoms with Gasteiger partial charge in [0.15, 0.2) is 0 Å². The Balaban J connectivity index is 3.11. The minimum absolute atomic E-state index is 0.374. The quantitative estimate of drug-likeness (QED) is 0.725. The van der Waals surface area contributed by atoms with Crippen molar-refractivity contribution in [2.45, 2.75) is 13.8 Å². The minimum atomic E-state index is 0.374. The largest absolute Gasteiger partial charge is 0.507 e. The maximum absolute atomic E-state index is 9.62. The summed E-state index contributed by atoms with van der Waals surface area (Å²) in [5.41, 5.74) is 8.18. The first-order valence-corrected chi connectivity index (χ1v) is 4.32. The van der Waals surface area contributed by atoms with Crippen LogP contribution in [-0.2, 0) is 0 Å². The van der Waals surface area contributed by atoms with Gasteiger partial charge in [0, 0.05) is 6.54 Å². The van der Waals surface area contributed by atoms with Gasteiger partial charge >= 0.3 is 0 Å². The van der Waals surface area contributed by atoms with Crippen molar-refractivity contribution < 1.29 is 5.11 Å². The predicted octanol–water partition coefficient (Wildman–Crippen LogP) is 1.98. The molecule has 0 fully saturated rings. The molecular formula is C11H15NO. The summed E-state index contributed by atoms with van der Waals surface area (Å²) in [6.07, 6.45) is 3.80. The second-order valence-electron chi connectivity index (χ2n) is 3.08. The van der Waals surface area contributed by atoms with Crippen LogP contribution < -0.4 is 5.73 Å². The highest BCUT2D eigenvalue weighted by Crippen LogP contribution is 2.24. The van der Waals surface area contributed by atoms with E-state index in [1.54, 1.807) is 0 Å². The van der Waals surface area contributed by atoms with E-state index in [0.717, 1.165) is 16.7 Å². The lowest BCUT2D eigenvalue weighted by Crippen LogP contribution is -1.92. The average molecular weight is 177 g/mol. The molecule has 0 atom stereocenters. The molecule has 2 heteroatoms. The summed E-state index contributed by atoms with van der Waals surface area (Å²) >= 11 is 0. The first-order chi connectivity index (χ1) is 6.16. The number of aromatic hydroxyl groups is 1. The Kier molecular flexibility index (Phi) is 3.09. The lowest BCUT2D eigenvalue weighted by Gasteiger charge is -2.05. The lowest BCUT2D eigenvalue weighted by atomic mass is 10.0. The smallest absolute Gasteiger partial charge is 0.121 e. The molecule has 0 amide bonds. The molecule has 13 heavy (non-hydrogen) atoms. The van der Waals surface area contributed by atoms with Crippen LogP contribution in [0.4, 0.5) is 0 Å². The van der Waals surface area contributed by atoms with Crippen LogP contribution in [0.2, 0.25) is 0 Å². The van der Waals surface area contributed by atoms with E-state index in [9.17, 15) is 5.11 Å². The molecule has 0 heterocycles. The Labute approximate surface area is 78.7 Å². The molecule has 0 aliphatic carbocycles. The van der Waals surface area contributed by atoms with E-state index in [1.165, 1.54) is 0 Å². The molecule has 0 bridgehead atoms. The van der Waals surface area contributed by atoms with Gasteiger partial charge in [0.2, 0.25) is 0 Å². The fourth-order valence-electron chi connectivity index (χ4n) is 1.23. The SMILES string of the molecule is Cc1ccc(/C=C/CN)c(C)c1O. The van der Waals surface area contributed by atoms with Crippen LogP contribution in [-0.4, -0.2) is 11.7 Å².